The van der Waals surface area contributed by atoms with Crippen LogP contribution in [0.15, 0.2) is 0 Å². The molecule has 0 aromatic rings. The first-order valence-corrected chi connectivity index (χ1v) is 7.81. The second-order valence-electron chi connectivity index (χ2n) is 5.39. The molecule has 1 heterocycles. The summed E-state index contributed by atoms with van der Waals surface area (Å²) >= 11 is 5.74. The molecule has 0 aromatic carbocycles. The van der Waals surface area contributed by atoms with E-state index in [-0.39, 0.29) is 0 Å². The standard InChI is InChI=1S/C14H24ClNO2/c15-9-3-10-16(12-4-1-5-12)14(17)8-7-13-6-2-11-18-13/h12-13H,1-11H2. The van der Waals surface area contributed by atoms with Crippen LogP contribution in [0.25, 0.3) is 0 Å². The highest BCUT2D eigenvalue weighted by atomic mass is 35.5. The summed E-state index contributed by atoms with van der Waals surface area (Å²) in [5, 5.41) is 0. The van der Waals surface area contributed by atoms with Crippen LogP contribution in [-0.2, 0) is 9.53 Å². The van der Waals surface area contributed by atoms with E-state index in [2.05, 4.69) is 4.90 Å². The van der Waals surface area contributed by atoms with E-state index in [1.165, 1.54) is 19.3 Å². The summed E-state index contributed by atoms with van der Waals surface area (Å²) in [5.74, 6) is 0.947. The van der Waals surface area contributed by atoms with Gasteiger partial charge in [-0.3, -0.25) is 4.79 Å². The van der Waals surface area contributed by atoms with E-state index in [0.717, 1.165) is 38.8 Å². The number of nitrogens with zero attached hydrogens (tertiary/aromatic N) is 1. The third-order valence-corrected chi connectivity index (χ3v) is 4.34. The highest BCUT2D eigenvalue weighted by molar-refractivity contribution is 6.17. The number of carbonyl (C=O) groups excluding carboxylic acids is 1. The van der Waals surface area contributed by atoms with Gasteiger partial charge in [0.05, 0.1) is 6.10 Å². The summed E-state index contributed by atoms with van der Waals surface area (Å²) in [6.45, 7) is 1.70. The van der Waals surface area contributed by atoms with Crippen molar-refractivity contribution >= 4 is 17.5 Å². The lowest BCUT2D eigenvalue weighted by Crippen LogP contribution is -2.45. The smallest absolute Gasteiger partial charge is 0.222 e. The summed E-state index contributed by atoms with van der Waals surface area (Å²) in [7, 11) is 0. The molecule has 0 bridgehead atoms. The first-order chi connectivity index (χ1) is 8.81. The average molecular weight is 274 g/mol. The van der Waals surface area contributed by atoms with Crippen LogP contribution in [0.1, 0.15) is 51.4 Å². The van der Waals surface area contributed by atoms with E-state index >= 15 is 0 Å². The van der Waals surface area contributed by atoms with Gasteiger partial charge in [-0.2, -0.15) is 0 Å². The first kappa shape index (κ1) is 14.1. The van der Waals surface area contributed by atoms with Crippen molar-refractivity contribution in [1.29, 1.82) is 0 Å². The number of amides is 1. The monoisotopic (exact) mass is 273 g/mol. The fourth-order valence-electron chi connectivity index (χ4n) is 2.74. The molecule has 1 unspecified atom stereocenters. The van der Waals surface area contributed by atoms with Crippen molar-refractivity contribution in [3.8, 4) is 0 Å². The lowest BCUT2D eigenvalue weighted by molar-refractivity contribution is -0.135. The van der Waals surface area contributed by atoms with Crippen LogP contribution in [0.3, 0.4) is 0 Å². The molecule has 0 radical (unpaired) electrons. The minimum atomic E-state index is 0.306. The third kappa shape index (κ3) is 3.86. The first-order valence-electron chi connectivity index (χ1n) is 7.28. The molecule has 2 rings (SSSR count). The SMILES string of the molecule is O=C(CCC1CCCO1)N(CCCCl)C1CCC1. The topological polar surface area (TPSA) is 29.5 Å². The van der Waals surface area contributed by atoms with Crippen LogP contribution in [0.5, 0.6) is 0 Å². The van der Waals surface area contributed by atoms with Gasteiger partial charge in [0.2, 0.25) is 5.91 Å². The van der Waals surface area contributed by atoms with Gasteiger partial charge in [0.15, 0.2) is 0 Å². The zero-order valence-corrected chi connectivity index (χ0v) is 11.8. The summed E-state index contributed by atoms with van der Waals surface area (Å²) in [6.07, 6.45) is 8.65. The molecule has 1 saturated heterocycles. The van der Waals surface area contributed by atoms with Crippen molar-refractivity contribution in [3.63, 3.8) is 0 Å². The van der Waals surface area contributed by atoms with Crippen LogP contribution in [0.2, 0.25) is 0 Å². The van der Waals surface area contributed by atoms with Crippen molar-refractivity contribution in [2.45, 2.75) is 63.5 Å². The Morgan fingerprint density at radius 2 is 2.11 bits per heavy atom. The molecule has 4 heteroatoms. The van der Waals surface area contributed by atoms with Crippen LogP contribution in [0, 0.1) is 0 Å². The van der Waals surface area contributed by atoms with Gasteiger partial charge in [-0.1, -0.05) is 0 Å². The molecule has 1 saturated carbocycles. The largest absolute Gasteiger partial charge is 0.378 e. The zero-order valence-electron chi connectivity index (χ0n) is 11.1. The predicted octanol–water partition coefficient (Wildman–Crippen LogP) is 2.96. The number of hydrogen-bond donors (Lipinski definition) is 0. The normalized spacial score (nSPS) is 23.9. The molecule has 1 amide bonds. The second-order valence-corrected chi connectivity index (χ2v) is 5.77. The van der Waals surface area contributed by atoms with Gasteiger partial charge < -0.3 is 9.64 Å². The maximum absolute atomic E-state index is 12.3. The molecule has 1 aliphatic heterocycles. The number of carbonyl (C=O) groups is 1. The van der Waals surface area contributed by atoms with Gasteiger partial charge in [0, 0.05) is 31.5 Å². The number of ether oxygens (including phenoxy) is 1. The summed E-state index contributed by atoms with van der Waals surface area (Å²) in [6, 6.07) is 0.491. The molecule has 2 fully saturated rings. The fraction of sp³-hybridized carbons (Fsp3) is 0.929. The molecule has 1 aliphatic carbocycles. The Hall–Kier alpha value is -0.280. The second kappa shape index (κ2) is 7.34. The Labute approximate surface area is 115 Å². The molecule has 18 heavy (non-hydrogen) atoms. The molecule has 0 aromatic heterocycles. The Balaban J connectivity index is 1.74. The van der Waals surface area contributed by atoms with Crippen molar-refractivity contribution in [2.75, 3.05) is 19.0 Å². The molecule has 0 N–H and O–H groups in total. The van der Waals surface area contributed by atoms with Gasteiger partial charge >= 0.3 is 0 Å². The van der Waals surface area contributed by atoms with E-state index in [1.807, 2.05) is 0 Å². The van der Waals surface area contributed by atoms with Crippen LogP contribution in [0.4, 0.5) is 0 Å². The van der Waals surface area contributed by atoms with Crippen LogP contribution >= 0.6 is 11.6 Å². The lowest BCUT2D eigenvalue weighted by Gasteiger charge is -2.38. The highest BCUT2D eigenvalue weighted by Crippen LogP contribution is 2.26. The quantitative estimate of drug-likeness (QED) is 0.668. The zero-order chi connectivity index (χ0) is 12.8. The predicted molar refractivity (Wildman–Crippen MR) is 72.9 cm³/mol. The number of rotatable bonds is 7. The Kier molecular flexibility index (Phi) is 5.77. The number of alkyl halides is 1. The van der Waals surface area contributed by atoms with Gasteiger partial charge in [0.25, 0.3) is 0 Å². The highest BCUT2D eigenvalue weighted by Gasteiger charge is 2.28. The van der Waals surface area contributed by atoms with Crippen molar-refractivity contribution < 1.29 is 9.53 Å². The molecule has 2 aliphatic rings. The fourth-order valence-corrected chi connectivity index (χ4v) is 2.86. The van der Waals surface area contributed by atoms with Crippen molar-refractivity contribution in [3.05, 3.63) is 0 Å². The summed E-state index contributed by atoms with van der Waals surface area (Å²) in [4.78, 5) is 14.3. The Bertz CT molecular complexity index is 263. The molecular weight excluding hydrogens is 250 g/mol. The Morgan fingerprint density at radius 3 is 2.67 bits per heavy atom. The van der Waals surface area contributed by atoms with Crippen molar-refractivity contribution in [1.82, 2.24) is 4.90 Å². The molecular formula is C14H24ClNO2. The Morgan fingerprint density at radius 1 is 1.28 bits per heavy atom. The number of hydrogen-bond acceptors (Lipinski definition) is 2. The van der Waals surface area contributed by atoms with Gasteiger partial charge in [-0.25, -0.2) is 0 Å². The van der Waals surface area contributed by atoms with E-state index in [9.17, 15) is 4.79 Å². The average Bonchev–Trinajstić information content (AvgIpc) is 2.81. The van der Waals surface area contributed by atoms with E-state index in [1.54, 1.807) is 0 Å². The van der Waals surface area contributed by atoms with E-state index in [4.69, 9.17) is 16.3 Å². The van der Waals surface area contributed by atoms with Gasteiger partial charge in [-0.05, 0) is 44.9 Å². The molecule has 3 nitrogen and oxygen atoms in total. The van der Waals surface area contributed by atoms with Crippen LogP contribution in [-0.4, -0.2) is 42.0 Å². The molecule has 1 atom stereocenters. The number of halogens is 1. The minimum Gasteiger partial charge on any atom is -0.378 e. The minimum absolute atomic E-state index is 0.306. The maximum Gasteiger partial charge on any atom is 0.222 e. The van der Waals surface area contributed by atoms with E-state index < -0.39 is 0 Å². The molecule has 104 valence electrons. The van der Waals surface area contributed by atoms with Gasteiger partial charge in [-0.15, -0.1) is 11.6 Å². The molecule has 0 spiro atoms. The van der Waals surface area contributed by atoms with Gasteiger partial charge in [0.1, 0.15) is 0 Å². The van der Waals surface area contributed by atoms with Crippen molar-refractivity contribution in [2.24, 2.45) is 0 Å². The maximum atomic E-state index is 12.3. The third-order valence-electron chi connectivity index (χ3n) is 4.07. The summed E-state index contributed by atoms with van der Waals surface area (Å²) in [5.41, 5.74) is 0. The lowest BCUT2D eigenvalue weighted by atomic mass is 9.91. The van der Waals surface area contributed by atoms with Crippen LogP contribution < -0.4 is 0 Å². The van der Waals surface area contributed by atoms with E-state index in [0.29, 0.717) is 30.4 Å². The summed E-state index contributed by atoms with van der Waals surface area (Å²) < 4.78 is 5.57.